The topological polar surface area (TPSA) is 55.5 Å². The molecule has 0 saturated heterocycles. The van der Waals surface area contributed by atoms with Gasteiger partial charge in [-0.25, -0.2) is 0 Å². The summed E-state index contributed by atoms with van der Waals surface area (Å²) in [5.74, 6) is 0.928. The van der Waals surface area contributed by atoms with Crippen molar-refractivity contribution in [1.29, 1.82) is 0 Å². The van der Waals surface area contributed by atoms with E-state index in [0.29, 0.717) is 0 Å². The smallest absolute Gasteiger partial charge is 0.122 e. The van der Waals surface area contributed by atoms with E-state index in [9.17, 15) is 0 Å². The number of fused-ring (bicyclic) bond motifs is 1. The molecule has 2 rings (SSSR count). The maximum absolute atomic E-state index is 8.93. The molecule has 1 aromatic carbocycles. The molecule has 1 aliphatic heterocycles. The second-order valence-electron chi connectivity index (χ2n) is 3.61. The molecule has 0 spiro atoms. The highest BCUT2D eigenvalue weighted by Gasteiger charge is 2.12. The van der Waals surface area contributed by atoms with Crippen molar-refractivity contribution in [3.8, 4) is 5.75 Å². The number of aryl methyl sites for hydroxylation is 1. The fraction of sp³-hybridized carbons (Fsp3) is 0.455. The summed E-state index contributed by atoms with van der Waals surface area (Å²) >= 11 is 0. The van der Waals surface area contributed by atoms with Gasteiger partial charge in [0.05, 0.1) is 19.3 Å². The van der Waals surface area contributed by atoms with E-state index in [-0.39, 0.29) is 12.6 Å². The maximum atomic E-state index is 8.93. The molecule has 0 aliphatic carbocycles. The Bertz CT molecular complexity index is 325. The molecule has 14 heavy (non-hydrogen) atoms. The molecule has 0 radical (unpaired) electrons. The molecular weight excluding hydrogens is 178 g/mol. The molecule has 1 aliphatic rings. The van der Waals surface area contributed by atoms with Crippen molar-refractivity contribution in [1.82, 2.24) is 0 Å². The van der Waals surface area contributed by atoms with Crippen LogP contribution in [0, 0.1) is 0 Å². The largest absolute Gasteiger partial charge is 0.493 e. The summed E-state index contributed by atoms with van der Waals surface area (Å²) in [6.45, 7) is 0.754. The monoisotopic (exact) mass is 193 g/mol. The molecule has 0 aromatic heterocycles. The standard InChI is InChI=1S/C11H15NO2/c12-10(7-13)9-4-3-8-2-1-5-14-11(8)6-9/h3-4,6,10,13H,1-2,5,7,12H2/t10-/m1/s1. The Hall–Kier alpha value is -1.06. The highest BCUT2D eigenvalue weighted by atomic mass is 16.5. The van der Waals surface area contributed by atoms with Crippen LogP contribution in [-0.2, 0) is 6.42 Å². The minimum Gasteiger partial charge on any atom is -0.493 e. The number of hydrogen-bond donors (Lipinski definition) is 2. The fourth-order valence-corrected chi connectivity index (χ4v) is 1.69. The van der Waals surface area contributed by atoms with Gasteiger partial charge in [-0.15, -0.1) is 0 Å². The molecule has 0 bridgehead atoms. The molecule has 0 fully saturated rings. The summed E-state index contributed by atoms with van der Waals surface area (Å²) in [5, 5.41) is 8.93. The van der Waals surface area contributed by atoms with Crippen molar-refractivity contribution >= 4 is 0 Å². The fourth-order valence-electron chi connectivity index (χ4n) is 1.69. The molecular formula is C11H15NO2. The van der Waals surface area contributed by atoms with Crippen LogP contribution in [0.25, 0.3) is 0 Å². The zero-order valence-electron chi connectivity index (χ0n) is 8.07. The number of rotatable bonds is 2. The molecule has 3 nitrogen and oxygen atoms in total. The molecule has 3 heteroatoms. The van der Waals surface area contributed by atoms with Gasteiger partial charge in [-0.3, -0.25) is 0 Å². The first-order valence-corrected chi connectivity index (χ1v) is 4.93. The predicted molar refractivity (Wildman–Crippen MR) is 54.3 cm³/mol. The molecule has 3 N–H and O–H groups in total. The third-order valence-corrected chi connectivity index (χ3v) is 2.56. The third-order valence-electron chi connectivity index (χ3n) is 2.56. The lowest BCUT2D eigenvalue weighted by Crippen LogP contribution is -2.16. The van der Waals surface area contributed by atoms with E-state index < -0.39 is 0 Å². The van der Waals surface area contributed by atoms with Crippen molar-refractivity contribution in [2.24, 2.45) is 5.73 Å². The van der Waals surface area contributed by atoms with Crippen LogP contribution in [0.1, 0.15) is 23.6 Å². The van der Waals surface area contributed by atoms with Gasteiger partial charge in [-0.1, -0.05) is 12.1 Å². The Labute approximate surface area is 83.5 Å². The lowest BCUT2D eigenvalue weighted by Gasteiger charge is -2.19. The summed E-state index contributed by atoms with van der Waals surface area (Å²) in [6.07, 6.45) is 2.16. The predicted octanol–water partition coefficient (Wildman–Crippen LogP) is 1.00. The number of nitrogens with two attached hydrogens (primary N) is 1. The molecule has 1 atom stereocenters. The van der Waals surface area contributed by atoms with Gasteiger partial charge in [0, 0.05) is 0 Å². The van der Waals surface area contributed by atoms with E-state index in [1.807, 2.05) is 18.2 Å². The quantitative estimate of drug-likeness (QED) is 0.736. The highest BCUT2D eigenvalue weighted by molar-refractivity contribution is 5.39. The van der Waals surface area contributed by atoms with Crippen molar-refractivity contribution in [3.63, 3.8) is 0 Å². The molecule has 0 amide bonds. The average molecular weight is 193 g/mol. The normalized spacial score (nSPS) is 17.0. The number of hydrogen-bond acceptors (Lipinski definition) is 3. The molecule has 0 unspecified atom stereocenters. The summed E-state index contributed by atoms with van der Waals surface area (Å²) in [6, 6.07) is 5.65. The number of aliphatic hydroxyl groups is 1. The van der Waals surface area contributed by atoms with Crippen LogP contribution in [0.3, 0.4) is 0 Å². The van der Waals surface area contributed by atoms with Gasteiger partial charge in [0.2, 0.25) is 0 Å². The molecule has 0 saturated carbocycles. The van der Waals surface area contributed by atoms with Crippen molar-refractivity contribution in [3.05, 3.63) is 29.3 Å². The molecule has 76 valence electrons. The van der Waals surface area contributed by atoms with Gasteiger partial charge in [0.25, 0.3) is 0 Å². The van der Waals surface area contributed by atoms with E-state index >= 15 is 0 Å². The van der Waals surface area contributed by atoms with Crippen LogP contribution in [0.4, 0.5) is 0 Å². The summed E-state index contributed by atoms with van der Waals surface area (Å²) < 4.78 is 5.52. The SMILES string of the molecule is N[C@H](CO)c1ccc2c(c1)OCCC2. The van der Waals surface area contributed by atoms with E-state index in [1.165, 1.54) is 5.56 Å². The highest BCUT2D eigenvalue weighted by Crippen LogP contribution is 2.27. The Morgan fingerprint density at radius 2 is 2.36 bits per heavy atom. The number of ether oxygens (including phenoxy) is 1. The number of aliphatic hydroxyl groups excluding tert-OH is 1. The minimum absolute atomic E-state index is 0.0290. The van der Waals surface area contributed by atoms with Gasteiger partial charge in [-0.05, 0) is 30.0 Å². The first kappa shape index (κ1) is 9.49. The van der Waals surface area contributed by atoms with Crippen molar-refractivity contribution in [2.75, 3.05) is 13.2 Å². The molecule has 1 aromatic rings. The Kier molecular flexibility index (Phi) is 2.70. The van der Waals surface area contributed by atoms with Crippen LogP contribution < -0.4 is 10.5 Å². The number of benzene rings is 1. The van der Waals surface area contributed by atoms with Gasteiger partial charge < -0.3 is 15.6 Å². The second-order valence-corrected chi connectivity index (χ2v) is 3.61. The lowest BCUT2D eigenvalue weighted by atomic mass is 10.0. The van der Waals surface area contributed by atoms with E-state index in [1.54, 1.807) is 0 Å². The summed E-state index contributed by atoms with van der Waals surface area (Å²) in [4.78, 5) is 0. The maximum Gasteiger partial charge on any atom is 0.122 e. The molecule has 1 heterocycles. The van der Waals surface area contributed by atoms with Gasteiger partial charge in [0.1, 0.15) is 5.75 Å². The van der Waals surface area contributed by atoms with E-state index in [4.69, 9.17) is 15.6 Å². The summed E-state index contributed by atoms with van der Waals surface area (Å²) in [5.41, 5.74) is 7.90. The summed E-state index contributed by atoms with van der Waals surface area (Å²) in [7, 11) is 0. The van der Waals surface area contributed by atoms with E-state index in [0.717, 1.165) is 30.8 Å². The average Bonchev–Trinajstić information content (AvgIpc) is 2.27. The Balaban J connectivity index is 2.29. The zero-order chi connectivity index (χ0) is 9.97. The van der Waals surface area contributed by atoms with Gasteiger partial charge in [0.15, 0.2) is 0 Å². The van der Waals surface area contributed by atoms with Crippen molar-refractivity contribution in [2.45, 2.75) is 18.9 Å². The first-order valence-electron chi connectivity index (χ1n) is 4.93. The van der Waals surface area contributed by atoms with Crippen LogP contribution in [0.2, 0.25) is 0 Å². The lowest BCUT2D eigenvalue weighted by molar-refractivity contribution is 0.266. The zero-order valence-corrected chi connectivity index (χ0v) is 8.07. The van der Waals surface area contributed by atoms with E-state index in [2.05, 4.69) is 0 Å². The van der Waals surface area contributed by atoms with Gasteiger partial charge in [-0.2, -0.15) is 0 Å². The van der Waals surface area contributed by atoms with Crippen LogP contribution in [0.5, 0.6) is 5.75 Å². The van der Waals surface area contributed by atoms with Crippen LogP contribution in [-0.4, -0.2) is 18.3 Å². The van der Waals surface area contributed by atoms with Crippen LogP contribution >= 0.6 is 0 Å². The minimum atomic E-state index is -0.300. The second kappa shape index (κ2) is 3.98. The Morgan fingerprint density at radius 3 is 3.14 bits per heavy atom. The van der Waals surface area contributed by atoms with Gasteiger partial charge >= 0.3 is 0 Å². The van der Waals surface area contributed by atoms with Crippen molar-refractivity contribution < 1.29 is 9.84 Å². The Morgan fingerprint density at radius 1 is 1.50 bits per heavy atom. The third kappa shape index (κ3) is 1.74. The van der Waals surface area contributed by atoms with Crippen LogP contribution in [0.15, 0.2) is 18.2 Å². The first-order chi connectivity index (χ1) is 6.81.